The molecule has 0 spiro atoms. The molecule has 0 unspecified atom stereocenters. The molecule has 0 aromatic heterocycles. The Bertz CT molecular complexity index is 189. The lowest BCUT2D eigenvalue weighted by Gasteiger charge is -2.34. The van der Waals surface area contributed by atoms with Crippen LogP contribution in [0.4, 0.5) is 0 Å². The molecule has 0 aromatic carbocycles. The maximum Gasteiger partial charge on any atom is 0.221 e. The van der Waals surface area contributed by atoms with Crippen LogP contribution in [-0.4, -0.2) is 38.3 Å². The third-order valence-corrected chi connectivity index (χ3v) is 2.78. The number of rotatable bonds is 4. The minimum absolute atomic E-state index is 0.0909. The van der Waals surface area contributed by atoms with Gasteiger partial charge in [-0.3, -0.25) is 4.79 Å². The van der Waals surface area contributed by atoms with Crippen LogP contribution in [0.3, 0.4) is 0 Å². The van der Waals surface area contributed by atoms with Gasteiger partial charge in [0.1, 0.15) is 0 Å². The summed E-state index contributed by atoms with van der Waals surface area (Å²) in [6, 6.07) is 0. The van der Waals surface area contributed by atoms with E-state index in [1.165, 1.54) is 0 Å². The average Bonchev–Trinajstić information content (AvgIpc) is 2.18. The van der Waals surface area contributed by atoms with Crippen LogP contribution in [0.5, 0.6) is 0 Å². The molecule has 82 valence electrons. The minimum atomic E-state index is 0.0909. The zero-order valence-electron chi connectivity index (χ0n) is 9.06. The van der Waals surface area contributed by atoms with Crippen molar-refractivity contribution in [3.63, 3.8) is 0 Å². The summed E-state index contributed by atoms with van der Waals surface area (Å²) in [5.74, 6) is 0.0909. The fourth-order valence-corrected chi connectivity index (χ4v) is 1.60. The molecule has 0 radical (unpaired) electrons. The third kappa shape index (κ3) is 3.64. The van der Waals surface area contributed by atoms with Crippen LogP contribution in [0.15, 0.2) is 0 Å². The molecule has 1 saturated heterocycles. The van der Waals surface area contributed by atoms with E-state index in [0.717, 1.165) is 32.6 Å². The highest BCUT2D eigenvalue weighted by Crippen LogP contribution is 2.19. The molecule has 0 aliphatic carbocycles. The van der Waals surface area contributed by atoms with E-state index in [1.54, 1.807) is 7.05 Å². The van der Waals surface area contributed by atoms with Crippen LogP contribution < -0.4 is 10.6 Å². The van der Waals surface area contributed by atoms with Gasteiger partial charge in [0.2, 0.25) is 5.91 Å². The number of hydrogen-bond acceptors (Lipinski definition) is 3. The molecule has 1 aliphatic heterocycles. The summed E-state index contributed by atoms with van der Waals surface area (Å²) in [4.78, 5) is 11.0. The molecule has 0 aromatic rings. The average molecular weight is 200 g/mol. The summed E-state index contributed by atoms with van der Waals surface area (Å²) in [6.07, 6.45) is 2.61. The van der Waals surface area contributed by atoms with E-state index in [1.807, 2.05) is 0 Å². The Morgan fingerprint density at radius 2 is 2.07 bits per heavy atom. The number of nitrogens with one attached hydrogen (secondary N) is 2. The van der Waals surface area contributed by atoms with Gasteiger partial charge in [0.25, 0.3) is 0 Å². The summed E-state index contributed by atoms with van der Waals surface area (Å²) in [7, 11) is 1.67. The highest BCUT2D eigenvalue weighted by molar-refractivity contribution is 5.75. The fourth-order valence-electron chi connectivity index (χ4n) is 1.60. The van der Waals surface area contributed by atoms with Gasteiger partial charge in [-0.2, -0.15) is 0 Å². The predicted molar refractivity (Wildman–Crippen MR) is 55.1 cm³/mol. The van der Waals surface area contributed by atoms with Gasteiger partial charge in [-0.25, -0.2) is 0 Å². The standard InChI is InChI=1S/C10H20N2O2/c1-10(4-7-14-8-5-10)12-6-3-9(13)11-2/h12H,3-8H2,1-2H3,(H,11,13). The van der Waals surface area contributed by atoms with Crippen molar-refractivity contribution in [3.05, 3.63) is 0 Å². The maximum atomic E-state index is 11.0. The Labute approximate surface area is 85.4 Å². The molecule has 1 aliphatic rings. The molecule has 4 nitrogen and oxygen atoms in total. The zero-order chi connectivity index (χ0) is 10.4. The van der Waals surface area contributed by atoms with Crippen molar-refractivity contribution < 1.29 is 9.53 Å². The van der Waals surface area contributed by atoms with Crippen molar-refractivity contribution in [1.82, 2.24) is 10.6 Å². The van der Waals surface area contributed by atoms with Crippen molar-refractivity contribution in [1.29, 1.82) is 0 Å². The fraction of sp³-hybridized carbons (Fsp3) is 0.900. The second-order valence-electron chi connectivity index (χ2n) is 4.02. The Morgan fingerprint density at radius 3 is 2.64 bits per heavy atom. The Morgan fingerprint density at radius 1 is 1.43 bits per heavy atom. The van der Waals surface area contributed by atoms with Crippen LogP contribution in [0.1, 0.15) is 26.2 Å². The Hall–Kier alpha value is -0.610. The zero-order valence-corrected chi connectivity index (χ0v) is 9.06. The normalized spacial score (nSPS) is 20.4. The molecule has 1 amide bonds. The quantitative estimate of drug-likeness (QED) is 0.685. The van der Waals surface area contributed by atoms with E-state index < -0.39 is 0 Å². The summed E-state index contributed by atoms with van der Waals surface area (Å²) in [5, 5.41) is 6.03. The van der Waals surface area contributed by atoms with Crippen LogP contribution in [0.2, 0.25) is 0 Å². The van der Waals surface area contributed by atoms with Crippen molar-refractivity contribution in [2.75, 3.05) is 26.8 Å². The molecule has 0 bridgehead atoms. The van der Waals surface area contributed by atoms with Gasteiger partial charge in [0.15, 0.2) is 0 Å². The molecule has 0 saturated carbocycles. The largest absolute Gasteiger partial charge is 0.381 e. The monoisotopic (exact) mass is 200 g/mol. The van der Waals surface area contributed by atoms with Crippen LogP contribution in [0, 0.1) is 0 Å². The minimum Gasteiger partial charge on any atom is -0.381 e. The molecule has 4 heteroatoms. The number of amides is 1. The molecule has 0 atom stereocenters. The highest BCUT2D eigenvalue weighted by atomic mass is 16.5. The van der Waals surface area contributed by atoms with Crippen LogP contribution in [0.25, 0.3) is 0 Å². The van der Waals surface area contributed by atoms with E-state index in [4.69, 9.17) is 4.74 Å². The molecule has 1 rings (SSSR count). The summed E-state index contributed by atoms with van der Waals surface area (Å²) >= 11 is 0. The first-order valence-corrected chi connectivity index (χ1v) is 5.20. The van der Waals surface area contributed by atoms with Gasteiger partial charge in [-0.1, -0.05) is 0 Å². The molecule has 1 fully saturated rings. The summed E-state index contributed by atoms with van der Waals surface area (Å²) in [6.45, 7) is 4.59. The lowest BCUT2D eigenvalue weighted by molar-refractivity contribution is -0.120. The van der Waals surface area contributed by atoms with Gasteiger partial charge in [0, 0.05) is 38.8 Å². The molecular formula is C10H20N2O2. The first-order valence-electron chi connectivity index (χ1n) is 5.20. The van der Waals surface area contributed by atoms with Gasteiger partial charge in [0.05, 0.1) is 0 Å². The molecule has 1 heterocycles. The third-order valence-electron chi connectivity index (χ3n) is 2.78. The Balaban J connectivity index is 2.18. The maximum absolute atomic E-state index is 11.0. The SMILES string of the molecule is CNC(=O)CCNC1(C)CCOCC1. The Kier molecular flexibility index (Phi) is 4.35. The molecule has 2 N–H and O–H groups in total. The van der Waals surface area contributed by atoms with Crippen molar-refractivity contribution in [2.45, 2.75) is 31.7 Å². The topological polar surface area (TPSA) is 50.4 Å². The number of ether oxygens (including phenoxy) is 1. The van der Waals surface area contributed by atoms with E-state index in [9.17, 15) is 4.79 Å². The van der Waals surface area contributed by atoms with Crippen molar-refractivity contribution in [2.24, 2.45) is 0 Å². The predicted octanol–water partition coefficient (Wildman–Crippen LogP) is 0.281. The van der Waals surface area contributed by atoms with Gasteiger partial charge >= 0.3 is 0 Å². The number of hydrogen-bond donors (Lipinski definition) is 2. The van der Waals surface area contributed by atoms with Crippen LogP contribution >= 0.6 is 0 Å². The molecular weight excluding hydrogens is 180 g/mol. The van der Waals surface area contributed by atoms with Crippen LogP contribution in [-0.2, 0) is 9.53 Å². The summed E-state index contributed by atoms with van der Waals surface area (Å²) in [5.41, 5.74) is 0.159. The highest BCUT2D eigenvalue weighted by Gasteiger charge is 2.26. The lowest BCUT2D eigenvalue weighted by atomic mass is 9.92. The first kappa shape index (κ1) is 11.5. The van der Waals surface area contributed by atoms with Gasteiger partial charge in [-0.15, -0.1) is 0 Å². The number of carbonyl (C=O) groups excluding carboxylic acids is 1. The van der Waals surface area contributed by atoms with E-state index in [0.29, 0.717) is 6.42 Å². The lowest BCUT2D eigenvalue weighted by Crippen LogP contribution is -2.47. The molecule has 14 heavy (non-hydrogen) atoms. The van der Waals surface area contributed by atoms with E-state index in [-0.39, 0.29) is 11.4 Å². The van der Waals surface area contributed by atoms with Crippen molar-refractivity contribution >= 4 is 5.91 Å². The van der Waals surface area contributed by atoms with E-state index in [2.05, 4.69) is 17.6 Å². The van der Waals surface area contributed by atoms with E-state index >= 15 is 0 Å². The van der Waals surface area contributed by atoms with Gasteiger partial charge in [-0.05, 0) is 19.8 Å². The van der Waals surface area contributed by atoms with Gasteiger partial charge < -0.3 is 15.4 Å². The first-order chi connectivity index (χ1) is 6.66. The summed E-state index contributed by atoms with van der Waals surface area (Å²) < 4.78 is 5.29. The smallest absolute Gasteiger partial charge is 0.221 e. The number of carbonyl (C=O) groups is 1. The second-order valence-corrected chi connectivity index (χ2v) is 4.02. The second kappa shape index (κ2) is 5.32. The van der Waals surface area contributed by atoms with Crippen molar-refractivity contribution in [3.8, 4) is 0 Å².